The molecule has 190 valence electrons. The Labute approximate surface area is 208 Å². The molecule has 2 aliphatic rings. The van der Waals surface area contributed by atoms with E-state index in [0.717, 1.165) is 32.5 Å². The number of nitrogens with one attached hydrogen (secondary N) is 1. The first-order valence-electron chi connectivity index (χ1n) is 12.6. The van der Waals surface area contributed by atoms with Crippen LogP contribution in [-0.4, -0.2) is 42.9 Å². The van der Waals surface area contributed by atoms with Crippen LogP contribution < -0.4 is 10.1 Å². The minimum atomic E-state index is -4.04. The Kier molecular flexibility index (Phi) is 8.81. The average molecular weight is 501 g/mol. The van der Waals surface area contributed by atoms with Crippen LogP contribution in [0, 0.1) is 5.92 Å². The van der Waals surface area contributed by atoms with E-state index >= 15 is 0 Å². The molecule has 2 N–H and O–H groups in total. The van der Waals surface area contributed by atoms with Crippen molar-refractivity contribution < 1.29 is 22.5 Å². The number of piperidine rings is 1. The third-order valence-corrected chi connectivity index (χ3v) is 7.69. The highest BCUT2D eigenvalue weighted by atomic mass is 32.2. The van der Waals surface area contributed by atoms with E-state index in [-0.39, 0.29) is 5.91 Å². The van der Waals surface area contributed by atoms with Crippen molar-refractivity contribution in [3.8, 4) is 11.5 Å². The van der Waals surface area contributed by atoms with Crippen LogP contribution in [0.3, 0.4) is 0 Å². The van der Waals surface area contributed by atoms with Gasteiger partial charge in [0.05, 0.1) is 0 Å². The Morgan fingerprint density at radius 1 is 0.886 bits per heavy atom. The van der Waals surface area contributed by atoms with Gasteiger partial charge < -0.3 is 10.1 Å². The second-order valence-corrected chi connectivity index (χ2v) is 11.4. The molecule has 2 fully saturated rings. The van der Waals surface area contributed by atoms with Crippen molar-refractivity contribution in [1.82, 2.24) is 10.2 Å². The second-order valence-electron chi connectivity index (χ2n) is 9.94. The fraction of sp³-hybridized carbons (Fsp3) is 0.519. The molecule has 7 nitrogen and oxygen atoms in total. The number of nitrogens with zero attached hydrogens (tertiary/aromatic N) is 1. The van der Waals surface area contributed by atoms with Gasteiger partial charge in [0.15, 0.2) is 0 Å². The lowest BCUT2D eigenvalue weighted by molar-refractivity contribution is -0.123. The minimum absolute atomic E-state index is 0.235. The number of likely N-dealkylation sites (tertiary alicyclic amines) is 1. The fourth-order valence-corrected chi connectivity index (χ4v) is 5.71. The third-order valence-electron chi connectivity index (χ3n) is 6.99. The summed E-state index contributed by atoms with van der Waals surface area (Å²) >= 11 is 0. The lowest BCUT2D eigenvalue weighted by Gasteiger charge is -2.32. The van der Waals surface area contributed by atoms with Crippen LogP contribution in [0.5, 0.6) is 11.5 Å². The van der Waals surface area contributed by atoms with Gasteiger partial charge in [-0.15, -0.1) is 0 Å². The zero-order chi connectivity index (χ0) is 24.7. The normalized spacial score (nSPS) is 18.3. The summed E-state index contributed by atoms with van der Waals surface area (Å²) in [6, 6.07) is 14.9. The zero-order valence-electron chi connectivity index (χ0n) is 20.2. The lowest BCUT2D eigenvalue weighted by Crippen LogP contribution is -2.44. The van der Waals surface area contributed by atoms with Crippen molar-refractivity contribution in [1.29, 1.82) is 0 Å². The van der Waals surface area contributed by atoms with Gasteiger partial charge in [-0.05, 0) is 67.0 Å². The maximum absolute atomic E-state index is 12.4. The van der Waals surface area contributed by atoms with E-state index in [1.54, 1.807) is 24.3 Å². The maximum Gasteiger partial charge on any atom is 0.269 e. The summed E-state index contributed by atoms with van der Waals surface area (Å²) in [5.74, 6) is 1.71. The Balaban J connectivity index is 1.18. The van der Waals surface area contributed by atoms with Crippen molar-refractivity contribution in [3.63, 3.8) is 0 Å². The molecule has 1 heterocycles. The fourth-order valence-electron chi connectivity index (χ4n) is 5.10. The number of benzene rings is 2. The first kappa shape index (κ1) is 25.7. The predicted octanol–water partition coefficient (Wildman–Crippen LogP) is 4.92. The number of amides is 1. The van der Waals surface area contributed by atoms with Gasteiger partial charge in [-0.25, -0.2) is 0 Å². The molecule has 1 aliphatic heterocycles. The Morgan fingerprint density at radius 2 is 1.46 bits per heavy atom. The minimum Gasteiger partial charge on any atom is -0.457 e. The smallest absolute Gasteiger partial charge is 0.269 e. The molecule has 35 heavy (non-hydrogen) atoms. The topological polar surface area (TPSA) is 95.9 Å². The van der Waals surface area contributed by atoms with E-state index in [1.807, 2.05) is 12.1 Å². The maximum atomic E-state index is 12.4. The summed E-state index contributed by atoms with van der Waals surface area (Å²) in [5.41, 5.74) is 1.71. The van der Waals surface area contributed by atoms with Crippen LogP contribution in [0.15, 0.2) is 48.5 Å². The summed E-state index contributed by atoms with van der Waals surface area (Å²) in [5, 5.41) is 3.27. The van der Waals surface area contributed by atoms with Crippen LogP contribution in [0.1, 0.15) is 62.5 Å². The first-order chi connectivity index (χ1) is 16.8. The van der Waals surface area contributed by atoms with Crippen LogP contribution in [0.2, 0.25) is 0 Å². The summed E-state index contributed by atoms with van der Waals surface area (Å²) in [6.45, 7) is 2.82. The molecule has 8 heteroatoms. The van der Waals surface area contributed by atoms with Gasteiger partial charge in [-0.3, -0.25) is 14.2 Å². The third kappa shape index (κ3) is 8.63. The SMILES string of the molecule is O=C(CC1CCCCC1)NC1CCN(Cc2ccc(Oc3ccc(CS(=O)(=O)O)cc3)cc2)CC1. The standard InChI is InChI=1S/C27H36N2O5S/c30-27(18-21-4-2-1-3-5-21)28-24-14-16-29(17-15-24)19-22-6-10-25(11-7-22)34-26-12-8-23(9-13-26)20-35(31,32)33/h6-13,21,24H,1-5,14-20H2,(H,28,30)(H,31,32,33). The first-order valence-corrected chi connectivity index (χ1v) is 14.3. The lowest BCUT2D eigenvalue weighted by atomic mass is 9.86. The van der Waals surface area contributed by atoms with Crippen LogP contribution in [0.25, 0.3) is 0 Å². The quantitative estimate of drug-likeness (QED) is 0.475. The molecule has 0 aromatic heterocycles. The Morgan fingerprint density at radius 3 is 2.03 bits per heavy atom. The molecule has 2 aromatic rings. The highest BCUT2D eigenvalue weighted by Crippen LogP contribution is 2.27. The molecule has 0 bridgehead atoms. The second kappa shape index (κ2) is 12.0. The van der Waals surface area contributed by atoms with E-state index in [1.165, 1.54) is 37.7 Å². The molecule has 0 atom stereocenters. The Bertz CT molecular complexity index is 1060. The number of carbonyl (C=O) groups excluding carboxylic acids is 1. The van der Waals surface area contributed by atoms with Crippen LogP contribution in [0.4, 0.5) is 0 Å². The van der Waals surface area contributed by atoms with Crippen LogP contribution >= 0.6 is 0 Å². The van der Waals surface area contributed by atoms with Crippen molar-refractivity contribution in [3.05, 3.63) is 59.7 Å². The zero-order valence-corrected chi connectivity index (χ0v) is 21.0. The largest absolute Gasteiger partial charge is 0.457 e. The van der Waals surface area contributed by atoms with Gasteiger partial charge in [0.2, 0.25) is 5.91 Å². The Hall–Kier alpha value is -2.42. The van der Waals surface area contributed by atoms with Gasteiger partial charge in [-0.2, -0.15) is 8.42 Å². The molecule has 0 unspecified atom stereocenters. The van der Waals surface area contributed by atoms with Gasteiger partial charge in [0.25, 0.3) is 10.1 Å². The highest BCUT2D eigenvalue weighted by molar-refractivity contribution is 7.85. The number of rotatable bonds is 9. The monoisotopic (exact) mass is 500 g/mol. The average Bonchev–Trinajstić information content (AvgIpc) is 2.82. The molecule has 2 aromatic carbocycles. The molecule has 1 saturated carbocycles. The highest BCUT2D eigenvalue weighted by Gasteiger charge is 2.23. The van der Waals surface area contributed by atoms with Crippen molar-refractivity contribution in [2.45, 2.75) is 69.7 Å². The molecular formula is C27H36N2O5S. The van der Waals surface area contributed by atoms with Gasteiger partial charge >= 0.3 is 0 Å². The molecule has 1 saturated heterocycles. The summed E-state index contributed by atoms with van der Waals surface area (Å²) in [4.78, 5) is 14.8. The number of hydrogen-bond donors (Lipinski definition) is 2. The summed E-state index contributed by atoms with van der Waals surface area (Å²) < 4.78 is 36.8. The number of ether oxygens (including phenoxy) is 1. The van der Waals surface area contributed by atoms with Crippen LogP contribution in [-0.2, 0) is 27.2 Å². The van der Waals surface area contributed by atoms with E-state index in [9.17, 15) is 13.2 Å². The van der Waals surface area contributed by atoms with Crippen molar-refractivity contribution in [2.24, 2.45) is 5.92 Å². The van der Waals surface area contributed by atoms with Crippen molar-refractivity contribution in [2.75, 3.05) is 13.1 Å². The predicted molar refractivity (Wildman–Crippen MR) is 136 cm³/mol. The number of hydrogen-bond acceptors (Lipinski definition) is 5. The molecule has 0 radical (unpaired) electrons. The van der Waals surface area contributed by atoms with E-state index in [4.69, 9.17) is 9.29 Å². The molecule has 4 rings (SSSR count). The van der Waals surface area contributed by atoms with Gasteiger partial charge in [0, 0.05) is 32.1 Å². The molecular weight excluding hydrogens is 464 g/mol. The molecule has 0 spiro atoms. The van der Waals surface area contributed by atoms with E-state index in [2.05, 4.69) is 22.3 Å². The van der Waals surface area contributed by atoms with Gasteiger partial charge in [-0.1, -0.05) is 43.5 Å². The summed E-state index contributed by atoms with van der Waals surface area (Å²) in [6.07, 6.45) is 8.96. The summed E-state index contributed by atoms with van der Waals surface area (Å²) in [7, 11) is -4.04. The molecule has 1 aliphatic carbocycles. The van der Waals surface area contributed by atoms with E-state index < -0.39 is 15.9 Å². The number of carbonyl (C=O) groups is 1. The van der Waals surface area contributed by atoms with E-state index in [0.29, 0.717) is 35.4 Å². The van der Waals surface area contributed by atoms with Gasteiger partial charge in [0.1, 0.15) is 17.3 Å². The van der Waals surface area contributed by atoms with Crippen molar-refractivity contribution >= 4 is 16.0 Å². The molecule has 1 amide bonds.